The molecule has 0 bridgehead atoms. The number of nitrogens with one attached hydrogen (secondary N) is 2. The maximum absolute atomic E-state index is 5.95. The first kappa shape index (κ1) is 19.1. The van der Waals surface area contributed by atoms with Gasteiger partial charge in [-0.1, -0.05) is 11.6 Å². The molecule has 0 saturated carbocycles. The number of nitrogens with zero attached hydrogens (tertiary/aromatic N) is 4. The third-order valence-electron chi connectivity index (χ3n) is 3.54. The van der Waals surface area contributed by atoms with Gasteiger partial charge in [-0.25, -0.2) is 9.98 Å². The summed E-state index contributed by atoms with van der Waals surface area (Å²) in [6.07, 6.45) is 2.39. The Bertz CT molecular complexity index is 700. The molecule has 0 aliphatic heterocycles. The fourth-order valence-electron chi connectivity index (χ4n) is 2.19. The number of rotatable bonds is 8. The lowest BCUT2D eigenvalue weighted by atomic mass is 10.2. The Hall–Kier alpha value is -2.28. The van der Waals surface area contributed by atoms with Gasteiger partial charge in [-0.15, -0.1) is 0 Å². The summed E-state index contributed by atoms with van der Waals surface area (Å²) < 4.78 is 7.51. The molecule has 0 aliphatic rings. The van der Waals surface area contributed by atoms with E-state index in [-0.39, 0.29) is 0 Å². The molecule has 1 heterocycles. The molecule has 0 saturated heterocycles. The van der Waals surface area contributed by atoms with Gasteiger partial charge in [-0.05, 0) is 44.0 Å². The van der Waals surface area contributed by atoms with Crippen molar-refractivity contribution in [3.05, 3.63) is 40.9 Å². The number of aryl methyl sites for hydroxylation is 2. The van der Waals surface area contributed by atoms with E-state index in [1.165, 1.54) is 6.33 Å². The van der Waals surface area contributed by atoms with E-state index < -0.39 is 0 Å². The molecule has 0 spiro atoms. The van der Waals surface area contributed by atoms with Crippen LogP contribution in [-0.4, -0.2) is 40.4 Å². The molecular formula is C17H25ClN6O. The zero-order valence-electron chi connectivity index (χ0n) is 14.9. The molecule has 0 unspecified atom stereocenters. The monoisotopic (exact) mass is 364 g/mol. The molecule has 136 valence electrons. The third kappa shape index (κ3) is 6.26. The van der Waals surface area contributed by atoms with Gasteiger partial charge in [-0.3, -0.25) is 4.68 Å². The summed E-state index contributed by atoms with van der Waals surface area (Å²) >= 11 is 5.95. The van der Waals surface area contributed by atoms with Crippen molar-refractivity contribution in [2.75, 3.05) is 19.7 Å². The van der Waals surface area contributed by atoms with Gasteiger partial charge >= 0.3 is 0 Å². The van der Waals surface area contributed by atoms with Crippen LogP contribution in [0, 0.1) is 6.92 Å². The van der Waals surface area contributed by atoms with E-state index in [4.69, 9.17) is 16.3 Å². The summed E-state index contributed by atoms with van der Waals surface area (Å²) in [5.74, 6) is 2.44. The van der Waals surface area contributed by atoms with Crippen molar-refractivity contribution >= 4 is 17.6 Å². The number of guanidine groups is 1. The summed E-state index contributed by atoms with van der Waals surface area (Å²) in [4.78, 5) is 8.68. The molecule has 1 aromatic heterocycles. The van der Waals surface area contributed by atoms with Gasteiger partial charge in [0.05, 0.1) is 6.61 Å². The highest BCUT2D eigenvalue weighted by Crippen LogP contribution is 2.21. The smallest absolute Gasteiger partial charge is 0.191 e. The maximum atomic E-state index is 5.95. The minimum absolute atomic E-state index is 0.478. The van der Waals surface area contributed by atoms with Crippen LogP contribution in [0.15, 0.2) is 29.5 Å². The third-order valence-corrected chi connectivity index (χ3v) is 3.77. The average molecular weight is 365 g/mol. The highest BCUT2D eigenvalue weighted by Gasteiger charge is 2.02. The molecule has 1 aromatic carbocycles. The van der Waals surface area contributed by atoms with Gasteiger partial charge in [0.2, 0.25) is 0 Å². The number of halogens is 1. The van der Waals surface area contributed by atoms with Crippen LogP contribution in [0.5, 0.6) is 5.75 Å². The molecule has 25 heavy (non-hydrogen) atoms. The molecule has 2 aromatic rings. The SMILES string of the molecule is CCNC(=NCc1ncnn1C)NCCCOc1ccc(Cl)cc1C. The largest absolute Gasteiger partial charge is 0.493 e. The van der Waals surface area contributed by atoms with Crippen molar-refractivity contribution < 1.29 is 4.74 Å². The van der Waals surface area contributed by atoms with Crippen molar-refractivity contribution in [1.82, 2.24) is 25.4 Å². The maximum Gasteiger partial charge on any atom is 0.191 e. The molecule has 2 rings (SSSR count). The highest BCUT2D eigenvalue weighted by atomic mass is 35.5. The minimum atomic E-state index is 0.478. The fourth-order valence-corrected chi connectivity index (χ4v) is 2.42. The van der Waals surface area contributed by atoms with E-state index in [2.05, 4.69) is 25.7 Å². The van der Waals surface area contributed by atoms with Crippen molar-refractivity contribution in [3.8, 4) is 5.75 Å². The number of hydrogen-bond donors (Lipinski definition) is 2. The summed E-state index contributed by atoms with van der Waals surface area (Å²) in [7, 11) is 1.86. The first-order valence-corrected chi connectivity index (χ1v) is 8.72. The van der Waals surface area contributed by atoms with Gasteiger partial charge in [0, 0.05) is 25.2 Å². The van der Waals surface area contributed by atoms with Gasteiger partial charge in [-0.2, -0.15) is 5.10 Å². The minimum Gasteiger partial charge on any atom is -0.493 e. The Balaban J connectivity index is 1.74. The average Bonchev–Trinajstić information content (AvgIpc) is 2.99. The molecule has 0 amide bonds. The Kier molecular flexibility index (Phi) is 7.53. The zero-order valence-corrected chi connectivity index (χ0v) is 15.7. The van der Waals surface area contributed by atoms with E-state index in [0.29, 0.717) is 13.2 Å². The predicted octanol–water partition coefficient (Wildman–Crippen LogP) is 2.30. The molecule has 7 nitrogen and oxygen atoms in total. The second-order valence-corrected chi connectivity index (χ2v) is 5.97. The van der Waals surface area contributed by atoms with Crippen molar-refractivity contribution in [2.45, 2.75) is 26.8 Å². The van der Waals surface area contributed by atoms with E-state index in [1.807, 2.05) is 39.1 Å². The van der Waals surface area contributed by atoms with Crippen LogP contribution in [0.25, 0.3) is 0 Å². The summed E-state index contributed by atoms with van der Waals surface area (Å²) in [6.45, 7) is 6.68. The van der Waals surface area contributed by atoms with E-state index in [0.717, 1.165) is 47.6 Å². The van der Waals surface area contributed by atoms with Crippen molar-refractivity contribution in [1.29, 1.82) is 0 Å². The van der Waals surface area contributed by atoms with Crippen LogP contribution in [-0.2, 0) is 13.6 Å². The molecule has 0 aliphatic carbocycles. The van der Waals surface area contributed by atoms with Crippen LogP contribution in [0.2, 0.25) is 5.02 Å². The first-order valence-electron chi connectivity index (χ1n) is 8.34. The Morgan fingerprint density at radius 3 is 2.88 bits per heavy atom. The lowest BCUT2D eigenvalue weighted by Gasteiger charge is -2.12. The van der Waals surface area contributed by atoms with Crippen LogP contribution in [0.4, 0.5) is 0 Å². The molecule has 0 radical (unpaired) electrons. The Labute approximate surface area is 153 Å². The summed E-state index contributed by atoms with van der Waals surface area (Å²) in [5, 5.41) is 11.3. The number of hydrogen-bond acceptors (Lipinski definition) is 4. The summed E-state index contributed by atoms with van der Waals surface area (Å²) in [5.41, 5.74) is 1.04. The van der Waals surface area contributed by atoms with Crippen LogP contribution < -0.4 is 15.4 Å². The fraction of sp³-hybridized carbons (Fsp3) is 0.471. The number of benzene rings is 1. The molecule has 8 heteroatoms. The number of aromatic nitrogens is 3. The highest BCUT2D eigenvalue weighted by molar-refractivity contribution is 6.30. The van der Waals surface area contributed by atoms with E-state index >= 15 is 0 Å². The standard InChI is InChI=1S/C17H25ClN6O/c1-4-19-17(21-11-16-22-12-23-24(16)3)20-8-5-9-25-15-7-6-14(18)10-13(15)2/h6-7,10,12H,4-5,8-9,11H2,1-3H3,(H2,19,20,21). The summed E-state index contributed by atoms with van der Waals surface area (Å²) in [6, 6.07) is 5.64. The van der Waals surface area contributed by atoms with Crippen LogP contribution >= 0.6 is 11.6 Å². The second-order valence-electron chi connectivity index (χ2n) is 5.53. The van der Waals surface area contributed by atoms with Gasteiger partial charge in [0.1, 0.15) is 24.4 Å². The normalized spacial score (nSPS) is 11.4. The molecule has 0 fully saturated rings. The predicted molar refractivity (Wildman–Crippen MR) is 100 cm³/mol. The molecule has 0 atom stereocenters. The number of aliphatic imine (C=N–C) groups is 1. The quantitative estimate of drug-likeness (QED) is 0.427. The van der Waals surface area contributed by atoms with Gasteiger partial charge < -0.3 is 15.4 Å². The van der Waals surface area contributed by atoms with Crippen molar-refractivity contribution in [3.63, 3.8) is 0 Å². The van der Waals surface area contributed by atoms with Crippen molar-refractivity contribution in [2.24, 2.45) is 12.0 Å². The second kappa shape index (κ2) is 9.88. The first-order chi connectivity index (χ1) is 12.1. The Morgan fingerprint density at radius 2 is 2.20 bits per heavy atom. The topological polar surface area (TPSA) is 76.4 Å². The van der Waals surface area contributed by atoms with Gasteiger partial charge in [0.15, 0.2) is 5.96 Å². The van der Waals surface area contributed by atoms with Crippen LogP contribution in [0.3, 0.4) is 0 Å². The molecule has 2 N–H and O–H groups in total. The Morgan fingerprint density at radius 1 is 1.36 bits per heavy atom. The van der Waals surface area contributed by atoms with E-state index in [9.17, 15) is 0 Å². The zero-order chi connectivity index (χ0) is 18.1. The van der Waals surface area contributed by atoms with Gasteiger partial charge in [0.25, 0.3) is 0 Å². The molecular weight excluding hydrogens is 340 g/mol. The van der Waals surface area contributed by atoms with E-state index in [1.54, 1.807) is 4.68 Å². The lowest BCUT2D eigenvalue weighted by Crippen LogP contribution is -2.38. The number of ether oxygens (including phenoxy) is 1. The van der Waals surface area contributed by atoms with Crippen LogP contribution in [0.1, 0.15) is 24.7 Å². The lowest BCUT2D eigenvalue weighted by molar-refractivity contribution is 0.309.